The van der Waals surface area contributed by atoms with Crippen LogP contribution in [-0.4, -0.2) is 14.8 Å². The van der Waals surface area contributed by atoms with Crippen LogP contribution in [0.3, 0.4) is 0 Å². The summed E-state index contributed by atoms with van der Waals surface area (Å²) < 4.78 is 1.75. The van der Waals surface area contributed by atoms with E-state index in [1.165, 1.54) is 0 Å². The molecule has 0 amide bonds. The van der Waals surface area contributed by atoms with Crippen molar-refractivity contribution in [1.82, 2.24) is 20.2 Å². The van der Waals surface area contributed by atoms with E-state index in [1.54, 1.807) is 4.68 Å². The Balaban J connectivity index is 2.36. The Kier molecular flexibility index (Phi) is 2.98. The molecule has 0 fully saturated rings. The SMILES string of the molecule is Cc1cccc(C(NN)c2ccn(C)n2)n1. The largest absolute Gasteiger partial charge is 0.275 e. The number of aryl methyl sites for hydroxylation is 2. The fourth-order valence-corrected chi connectivity index (χ4v) is 1.63. The van der Waals surface area contributed by atoms with E-state index >= 15 is 0 Å². The summed E-state index contributed by atoms with van der Waals surface area (Å²) in [6.45, 7) is 1.95. The molecule has 2 aromatic heterocycles. The van der Waals surface area contributed by atoms with Gasteiger partial charge in [-0.15, -0.1) is 0 Å². The summed E-state index contributed by atoms with van der Waals surface area (Å²) in [6.07, 6.45) is 1.88. The summed E-state index contributed by atoms with van der Waals surface area (Å²) in [4.78, 5) is 4.44. The van der Waals surface area contributed by atoms with Gasteiger partial charge < -0.3 is 0 Å². The molecule has 1 atom stereocenters. The van der Waals surface area contributed by atoms with Crippen molar-refractivity contribution in [2.24, 2.45) is 12.9 Å². The molecular weight excluding hydrogens is 202 g/mol. The fraction of sp³-hybridized carbons (Fsp3) is 0.273. The van der Waals surface area contributed by atoms with Gasteiger partial charge in [0.25, 0.3) is 0 Å². The second-order valence-electron chi connectivity index (χ2n) is 3.72. The minimum absolute atomic E-state index is 0.166. The Morgan fingerprint density at radius 1 is 1.31 bits per heavy atom. The second kappa shape index (κ2) is 4.42. The minimum Gasteiger partial charge on any atom is -0.275 e. The van der Waals surface area contributed by atoms with E-state index in [2.05, 4.69) is 15.5 Å². The third-order valence-corrected chi connectivity index (χ3v) is 2.40. The molecule has 1 unspecified atom stereocenters. The van der Waals surface area contributed by atoms with Gasteiger partial charge in [0.15, 0.2) is 0 Å². The lowest BCUT2D eigenvalue weighted by molar-refractivity contribution is 0.589. The van der Waals surface area contributed by atoms with Gasteiger partial charge in [0.1, 0.15) is 6.04 Å². The van der Waals surface area contributed by atoms with Crippen LogP contribution in [0, 0.1) is 6.92 Å². The summed E-state index contributed by atoms with van der Waals surface area (Å²) in [5, 5.41) is 4.32. The first-order chi connectivity index (χ1) is 7.70. The summed E-state index contributed by atoms with van der Waals surface area (Å²) in [6, 6.07) is 7.61. The van der Waals surface area contributed by atoms with E-state index in [0.29, 0.717) is 0 Å². The summed E-state index contributed by atoms with van der Waals surface area (Å²) in [5.41, 5.74) is 5.44. The molecule has 0 saturated carbocycles. The molecule has 0 spiro atoms. The molecule has 5 nitrogen and oxygen atoms in total. The summed E-state index contributed by atoms with van der Waals surface area (Å²) in [5.74, 6) is 5.56. The zero-order valence-corrected chi connectivity index (χ0v) is 9.38. The van der Waals surface area contributed by atoms with Crippen molar-refractivity contribution in [2.75, 3.05) is 0 Å². The number of aromatic nitrogens is 3. The minimum atomic E-state index is -0.166. The van der Waals surface area contributed by atoms with Crippen LogP contribution < -0.4 is 11.3 Å². The summed E-state index contributed by atoms with van der Waals surface area (Å²) in [7, 11) is 1.88. The molecule has 0 aliphatic heterocycles. The van der Waals surface area contributed by atoms with Crippen LogP contribution in [0.1, 0.15) is 23.1 Å². The number of hydrazine groups is 1. The maximum absolute atomic E-state index is 5.56. The van der Waals surface area contributed by atoms with Crippen LogP contribution in [-0.2, 0) is 7.05 Å². The Morgan fingerprint density at radius 3 is 2.69 bits per heavy atom. The Morgan fingerprint density at radius 2 is 2.12 bits per heavy atom. The van der Waals surface area contributed by atoms with Crippen molar-refractivity contribution in [3.63, 3.8) is 0 Å². The third kappa shape index (κ3) is 2.10. The predicted molar refractivity (Wildman–Crippen MR) is 61.3 cm³/mol. The van der Waals surface area contributed by atoms with Crippen molar-refractivity contribution < 1.29 is 0 Å². The van der Waals surface area contributed by atoms with Gasteiger partial charge in [0.05, 0.1) is 11.4 Å². The Labute approximate surface area is 94.3 Å². The van der Waals surface area contributed by atoms with Crippen molar-refractivity contribution in [3.8, 4) is 0 Å². The van der Waals surface area contributed by atoms with Crippen LogP contribution in [0.4, 0.5) is 0 Å². The lowest BCUT2D eigenvalue weighted by atomic mass is 10.1. The van der Waals surface area contributed by atoms with E-state index in [4.69, 9.17) is 5.84 Å². The molecule has 0 aromatic carbocycles. The molecule has 3 N–H and O–H groups in total. The smallest absolute Gasteiger partial charge is 0.107 e. The number of hydrogen-bond acceptors (Lipinski definition) is 4. The van der Waals surface area contributed by atoms with Crippen LogP contribution in [0.2, 0.25) is 0 Å². The fourth-order valence-electron chi connectivity index (χ4n) is 1.63. The van der Waals surface area contributed by atoms with Gasteiger partial charge >= 0.3 is 0 Å². The summed E-state index contributed by atoms with van der Waals surface area (Å²) >= 11 is 0. The third-order valence-electron chi connectivity index (χ3n) is 2.40. The van der Waals surface area contributed by atoms with Gasteiger partial charge in [0.2, 0.25) is 0 Å². The maximum atomic E-state index is 5.56. The highest BCUT2D eigenvalue weighted by Crippen LogP contribution is 2.17. The molecule has 84 valence electrons. The molecule has 0 saturated heterocycles. The molecule has 0 bridgehead atoms. The van der Waals surface area contributed by atoms with E-state index in [0.717, 1.165) is 17.1 Å². The van der Waals surface area contributed by atoms with Crippen molar-refractivity contribution in [2.45, 2.75) is 13.0 Å². The lowest BCUT2D eigenvalue weighted by Gasteiger charge is -2.13. The molecule has 0 aliphatic rings. The molecule has 0 radical (unpaired) electrons. The van der Waals surface area contributed by atoms with Crippen molar-refractivity contribution in [3.05, 3.63) is 47.5 Å². The molecule has 16 heavy (non-hydrogen) atoms. The Hall–Kier alpha value is -1.72. The molecule has 2 heterocycles. The second-order valence-corrected chi connectivity index (χ2v) is 3.72. The molecular formula is C11H15N5. The van der Waals surface area contributed by atoms with E-state index < -0.39 is 0 Å². The van der Waals surface area contributed by atoms with Gasteiger partial charge in [-0.25, -0.2) is 5.43 Å². The highest BCUT2D eigenvalue weighted by atomic mass is 15.3. The van der Waals surface area contributed by atoms with Crippen LogP contribution in [0.15, 0.2) is 30.5 Å². The number of pyridine rings is 1. The molecule has 5 heteroatoms. The van der Waals surface area contributed by atoms with Crippen LogP contribution >= 0.6 is 0 Å². The number of nitrogens with one attached hydrogen (secondary N) is 1. The topological polar surface area (TPSA) is 68.8 Å². The zero-order chi connectivity index (χ0) is 11.5. The normalized spacial score (nSPS) is 12.7. The first-order valence-corrected chi connectivity index (χ1v) is 5.10. The Bertz CT molecular complexity index is 477. The predicted octanol–water partition coefficient (Wildman–Crippen LogP) is 0.676. The van der Waals surface area contributed by atoms with Gasteiger partial charge in [0, 0.05) is 18.9 Å². The molecule has 2 rings (SSSR count). The van der Waals surface area contributed by atoms with Gasteiger partial charge in [-0.3, -0.25) is 15.5 Å². The number of nitrogens with zero attached hydrogens (tertiary/aromatic N) is 3. The monoisotopic (exact) mass is 217 g/mol. The first kappa shape index (κ1) is 10.8. The number of hydrogen-bond donors (Lipinski definition) is 2. The van der Waals surface area contributed by atoms with Gasteiger partial charge in [-0.2, -0.15) is 5.10 Å². The average Bonchev–Trinajstić information content (AvgIpc) is 2.66. The number of rotatable bonds is 3. The van der Waals surface area contributed by atoms with Crippen LogP contribution in [0.25, 0.3) is 0 Å². The van der Waals surface area contributed by atoms with Gasteiger partial charge in [-0.1, -0.05) is 6.07 Å². The molecule has 2 aromatic rings. The zero-order valence-electron chi connectivity index (χ0n) is 9.38. The number of nitrogens with two attached hydrogens (primary N) is 1. The standard InChI is InChI=1S/C11H15N5/c1-8-4-3-5-9(13-8)11(14-12)10-6-7-16(2)15-10/h3-7,11,14H,12H2,1-2H3. The van der Waals surface area contributed by atoms with E-state index in [9.17, 15) is 0 Å². The van der Waals surface area contributed by atoms with Crippen molar-refractivity contribution in [1.29, 1.82) is 0 Å². The van der Waals surface area contributed by atoms with Gasteiger partial charge in [-0.05, 0) is 25.1 Å². The highest BCUT2D eigenvalue weighted by molar-refractivity contribution is 5.22. The molecule has 0 aliphatic carbocycles. The quantitative estimate of drug-likeness (QED) is 0.586. The average molecular weight is 217 g/mol. The van der Waals surface area contributed by atoms with E-state index in [-0.39, 0.29) is 6.04 Å². The maximum Gasteiger partial charge on any atom is 0.107 e. The van der Waals surface area contributed by atoms with Crippen molar-refractivity contribution >= 4 is 0 Å². The van der Waals surface area contributed by atoms with Crippen LogP contribution in [0.5, 0.6) is 0 Å². The first-order valence-electron chi connectivity index (χ1n) is 5.10. The lowest BCUT2D eigenvalue weighted by Crippen LogP contribution is -2.30. The highest BCUT2D eigenvalue weighted by Gasteiger charge is 2.16. The van der Waals surface area contributed by atoms with E-state index in [1.807, 2.05) is 44.4 Å².